The molecule has 1 N–H and O–H groups in total. The van der Waals surface area contributed by atoms with Gasteiger partial charge < -0.3 is 5.32 Å². The molecular formula is C21H13ClN4O. The molecule has 0 bridgehead atoms. The number of hydrogen-bond acceptors (Lipinski definition) is 4. The quantitative estimate of drug-likeness (QED) is 0.747. The van der Waals surface area contributed by atoms with E-state index in [2.05, 4.69) is 16.4 Å². The summed E-state index contributed by atoms with van der Waals surface area (Å²) in [7, 11) is 0. The zero-order chi connectivity index (χ0) is 19.2. The van der Waals surface area contributed by atoms with Crippen molar-refractivity contribution in [3.05, 3.63) is 88.1 Å². The molecule has 0 atom stereocenters. The first-order valence-corrected chi connectivity index (χ1v) is 8.42. The summed E-state index contributed by atoms with van der Waals surface area (Å²) < 4.78 is 0. The molecule has 5 nitrogen and oxygen atoms in total. The number of aromatic nitrogens is 1. The first kappa shape index (κ1) is 18.1. The normalized spacial score (nSPS) is 9.89. The van der Waals surface area contributed by atoms with E-state index in [-0.39, 0.29) is 12.5 Å². The number of halogens is 1. The van der Waals surface area contributed by atoms with E-state index in [1.165, 1.54) is 6.20 Å². The van der Waals surface area contributed by atoms with Crippen molar-refractivity contribution < 1.29 is 4.79 Å². The van der Waals surface area contributed by atoms with Gasteiger partial charge in [0, 0.05) is 23.3 Å². The van der Waals surface area contributed by atoms with Crippen LogP contribution >= 0.6 is 11.6 Å². The van der Waals surface area contributed by atoms with Crippen LogP contribution in [0.15, 0.2) is 60.8 Å². The molecule has 1 aromatic heterocycles. The molecule has 0 aliphatic carbocycles. The lowest BCUT2D eigenvalue weighted by molar-refractivity contribution is 0.0950. The molecule has 0 saturated heterocycles. The van der Waals surface area contributed by atoms with Gasteiger partial charge in [0.05, 0.1) is 34.5 Å². The van der Waals surface area contributed by atoms with Crippen LogP contribution in [0.4, 0.5) is 0 Å². The molecule has 3 rings (SSSR count). The van der Waals surface area contributed by atoms with Crippen molar-refractivity contribution in [1.29, 1.82) is 10.5 Å². The standard InChI is InChI=1S/C21H13ClN4O/c22-19-9-15(11-24)4-5-17(19)12-26-21(27)18-6-7-20(25-13-18)16-3-1-2-14(8-16)10-23/h1-9,13H,12H2,(H,26,27). The Kier molecular flexibility index (Phi) is 5.47. The van der Waals surface area contributed by atoms with Gasteiger partial charge in [0.15, 0.2) is 0 Å². The Hall–Kier alpha value is -3.67. The first-order chi connectivity index (χ1) is 13.1. The van der Waals surface area contributed by atoms with E-state index in [4.69, 9.17) is 22.1 Å². The molecule has 0 fully saturated rings. The summed E-state index contributed by atoms with van der Waals surface area (Å²) in [4.78, 5) is 16.6. The van der Waals surface area contributed by atoms with E-state index < -0.39 is 0 Å². The van der Waals surface area contributed by atoms with Crippen LogP contribution in [0.1, 0.15) is 27.0 Å². The van der Waals surface area contributed by atoms with Gasteiger partial charge in [-0.05, 0) is 42.0 Å². The third-order valence-electron chi connectivity index (χ3n) is 3.93. The number of benzene rings is 2. The van der Waals surface area contributed by atoms with Crippen LogP contribution in [-0.2, 0) is 6.54 Å². The van der Waals surface area contributed by atoms with Crippen molar-refractivity contribution in [2.24, 2.45) is 0 Å². The number of nitrogens with one attached hydrogen (secondary N) is 1. The van der Waals surface area contributed by atoms with Crippen molar-refractivity contribution in [2.45, 2.75) is 6.54 Å². The molecule has 27 heavy (non-hydrogen) atoms. The van der Waals surface area contributed by atoms with E-state index in [1.54, 1.807) is 48.5 Å². The highest BCUT2D eigenvalue weighted by atomic mass is 35.5. The summed E-state index contributed by atoms with van der Waals surface area (Å²) in [5, 5.41) is 21.0. The van der Waals surface area contributed by atoms with E-state index in [0.717, 1.165) is 11.1 Å². The Balaban J connectivity index is 1.69. The van der Waals surface area contributed by atoms with Gasteiger partial charge in [0.1, 0.15) is 0 Å². The Morgan fingerprint density at radius 1 is 1.04 bits per heavy atom. The molecule has 0 unspecified atom stereocenters. The van der Waals surface area contributed by atoms with E-state index in [1.807, 2.05) is 12.1 Å². The van der Waals surface area contributed by atoms with Gasteiger partial charge in [0.25, 0.3) is 5.91 Å². The SMILES string of the molecule is N#Cc1cccc(-c2ccc(C(=O)NCc3ccc(C#N)cc3Cl)cn2)c1. The van der Waals surface area contributed by atoms with Crippen LogP contribution < -0.4 is 5.32 Å². The smallest absolute Gasteiger partial charge is 0.253 e. The summed E-state index contributed by atoms with van der Waals surface area (Å²) in [6.45, 7) is 0.245. The highest BCUT2D eigenvalue weighted by molar-refractivity contribution is 6.31. The highest BCUT2D eigenvalue weighted by Gasteiger charge is 2.09. The van der Waals surface area contributed by atoms with Crippen LogP contribution in [0.2, 0.25) is 5.02 Å². The minimum Gasteiger partial charge on any atom is -0.348 e. The molecule has 6 heteroatoms. The second-order valence-corrected chi connectivity index (χ2v) is 6.13. The highest BCUT2D eigenvalue weighted by Crippen LogP contribution is 2.19. The maximum atomic E-state index is 12.3. The Morgan fingerprint density at radius 2 is 1.81 bits per heavy atom. The lowest BCUT2D eigenvalue weighted by Crippen LogP contribution is -2.23. The minimum atomic E-state index is -0.278. The number of carbonyl (C=O) groups is 1. The number of rotatable bonds is 4. The van der Waals surface area contributed by atoms with Crippen LogP contribution in [0.5, 0.6) is 0 Å². The van der Waals surface area contributed by atoms with Crippen molar-refractivity contribution >= 4 is 17.5 Å². The lowest BCUT2D eigenvalue weighted by Gasteiger charge is -2.08. The maximum Gasteiger partial charge on any atom is 0.253 e. The minimum absolute atomic E-state index is 0.245. The van der Waals surface area contributed by atoms with Crippen molar-refractivity contribution in [1.82, 2.24) is 10.3 Å². The monoisotopic (exact) mass is 372 g/mol. The maximum absolute atomic E-state index is 12.3. The molecular weight excluding hydrogens is 360 g/mol. The third kappa shape index (κ3) is 4.30. The second-order valence-electron chi connectivity index (χ2n) is 5.73. The molecule has 0 aliphatic rings. The van der Waals surface area contributed by atoms with Crippen LogP contribution in [0.25, 0.3) is 11.3 Å². The van der Waals surface area contributed by atoms with Crippen LogP contribution in [0.3, 0.4) is 0 Å². The van der Waals surface area contributed by atoms with Gasteiger partial charge in [-0.1, -0.05) is 29.8 Å². The van der Waals surface area contributed by atoms with E-state index >= 15 is 0 Å². The number of carbonyl (C=O) groups excluding carboxylic acids is 1. The zero-order valence-corrected chi connectivity index (χ0v) is 14.9. The first-order valence-electron chi connectivity index (χ1n) is 8.04. The number of amides is 1. The van der Waals surface area contributed by atoms with Crippen molar-refractivity contribution in [3.8, 4) is 23.4 Å². The number of nitrogens with zero attached hydrogens (tertiary/aromatic N) is 3. The fourth-order valence-electron chi connectivity index (χ4n) is 2.48. The van der Waals surface area contributed by atoms with Gasteiger partial charge >= 0.3 is 0 Å². The predicted molar refractivity (Wildman–Crippen MR) is 102 cm³/mol. The fourth-order valence-corrected chi connectivity index (χ4v) is 2.73. The number of hydrogen-bond donors (Lipinski definition) is 1. The molecule has 1 heterocycles. The average molecular weight is 373 g/mol. The zero-order valence-electron chi connectivity index (χ0n) is 14.1. The van der Waals surface area contributed by atoms with Crippen LogP contribution in [-0.4, -0.2) is 10.9 Å². The van der Waals surface area contributed by atoms with Crippen LogP contribution in [0, 0.1) is 22.7 Å². The Labute approximate surface area is 161 Å². The molecule has 0 spiro atoms. The molecule has 2 aromatic carbocycles. The summed E-state index contributed by atoms with van der Waals surface area (Å²) in [6.07, 6.45) is 1.49. The van der Waals surface area contributed by atoms with E-state index in [9.17, 15) is 4.79 Å². The van der Waals surface area contributed by atoms with Gasteiger partial charge in [-0.15, -0.1) is 0 Å². The van der Waals surface area contributed by atoms with Gasteiger partial charge in [0.2, 0.25) is 0 Å². The largest absolute Gasteiger partial charge is 0.348 e. The average Bonchev–Trinajstić information content (AvgIpc) is 2.72. The lowest BCUT2D eigenvalue weighted by atomic mass is 10.1. The molecule has 0 saturated carbocycles. The fraction of sp³-hybridized carbons (Fsp3) is 0.0476. The Morgan fingerprint density at radius 3 is 2.48 bits per heavy atom. The van der Waals surface area contributed by atoms with Crippen molar-refractivity contribution in [2.75, 3.05) is 0 Å². The molecule has 3 aromatic rings. The Bertz CT molecular complexity index is 1080. The molecule has 0 aliphatic heterocycles. The summed E-state index contributed by atoms with van der Waals surface area (Å²) in [5.74, 6) is -0.278. The molecule has 1 amide bonds. The topological polar surface area (TPSA) is 89.6 Å². The molecule has 130 valence electrons. The number of nitriles is 2. The van der Waals surface area contributed by atoms with Gasteiger partial charge in [-0.2, -0.15) is 10.5 Å². The second kappa shape index (κ2) is 8.14. The van der Waals surface area contributed by atoms with Crippen molar-refractivity contribution in [3.63, 3.8) is 0 Å². The summed E-state index contributed by atoms with van der Waals surface area (Å²) in [5.41, 5.74) is 3.65. The predicted octanol–water partition coefficient (Wildman–Crippen LogP) is 4.08. The summed E-state index contributed by atoms with van der Waals surface area (Å²) in [6, 6.07) is 19.6. The van der Waals surface area contributed by atoms with E-state index in [0.29, 0.717) is 27.4 Å². The van der Waals surface area contributed by atoms with Gasteiger partial charge in [-0.25, -0.2) is 0 Å². The summed E-state index contributed by atoms with van der Waals surface area (Å²) >= 11 is 6.11. The van der Waals surface area contributed by atoms with Gasteiger partial charge in [-0.3, -0.25) is 9.78 Å². The molecule has 0 radical (unpaired) electrons. The third-order valence-corrected chi connectivity index (χ3v) is 4.29. The number of pyridine rings is 1.